The normalized spacial score (nSPS) is 15.2. The van der Waals surface area contributed by atoms with Crippen LogP contribution in [0.4, 0.5) is 0 Å². The number of hydrogen-bond acceptors (Lipinski definition) is 7. The third-order valence-electron chi connectivity index (χ3n) is 8.27. The lowest BCUT2D eigenvalue weighted by atomic mass is 9.94. The number of esters is 1. The molecule has 0 unspecified atom stereocenters. The second-order valence-electron chi connectivity index (χ2n) is 12.7. The first-order valence-corrected chi connectivity index (χ1v) is 16.8. The Balaban J connectivity index is 3.10. The summed E-state index contributed by atoms with van der Waals surface area (Å²) in [6.07, 6.45) is 6.06. The van der Waals surface area contributed by atoms with Gasteiger partial charge in [-0.3, -0.25) is 14.4 Å². The standard InChI is InChI=1S/C36H59N3O7/c1-9-12-13-17-20-31(40)27(7)35(43)39(8)30(22-25(4)5)33(41)38-32(26(6)11-3)34(42)37-29(36(44)46-21-10-2)24-45-23-28-18-15-14-16-19-28/h10,14-16,18-19,25-27,29-32,40H,2,9,11-13,17,20-24H2,1,3-8H3,(H,37,42)(H,38,41)/t26-,27-,29+,30+,31-,32+/m1/s1. The zero-order valence-corrected chi connectivity index (χ0v) is 29.1. The fraction of sp³-hybridized carbons (Fsp3) is 0.667. The van der Waals surface area contributed by atoms with Gasteiger partial charge in [0, 0.05) is 7.05 Å². The number of carbonyl (C=O) groups is 4. The highest BCUT2D eigenvalue weighted by molar-refractivity contribution is 5.94. The molecule has 1 aromatic rings. The summed E-state index contributed by atoms with van der Waals surface area (Å²) >= 11 is 0. The molecule has 3 N–H and O–H groups in total. The Bertz CT molecular complexity index is 1060. The van der Waals surface area contributed by atoms with Crippen molar-refractivity contribution < 1.29 is 33.8 Å². The minimum Gasteiger partial charge on any atom is -0.460 e. The predicted molar refractivity (Wildman–Crippen MR) is 181 cm³/mol. The van der Waals surface area contributed by atoms with E-state index < -0.39 is 47.9 Å². The van der Waals surface area contributed by atoms with E-state index in [2.05, 4.69) is 24.1 Å². The van der Waals surface area contributed by atoms with Crippen LogP contribution in [0.25, 0.3) is 0 Å². The molecule has 6 atom stereocenters. The number of amides is 3. The van der Waals surface area contributed by atoms with E-state index in [0.717, 1.165) is 31.2 Å². The van der Waals surface area contributed by atoms with Crippen LogP contribution in [0.15, 0.2) is 43.0 Å². The van der Waals surface area contributed by atoms with Crippen LogP contribution in [0.1, 0.15) is 92.1 Å². The Kier molecular flexibility index (Phi) is 19.8. The molecule has 46 heavy (non-hydrogen) atoms. The van der Waals surface area contributed by atoms with Crippen molar-refractivity contribution in [2.45, 2.75) is 117 Å². The molecule has 0 saturated heterocycles. The van der Waals surface area contributed by atoms with Gasteiger partial charge in [-0.1, -0.05) is 117 Å². The molecule has 0 heterocycles. The molecule has 0 aliphatic heterocycles. The molecule has 10 heteroatoms. The van der Waals surface area contributed by atoms with Gasteiger partial charge in [-0.2, -0.15) is 0 Å². The van der Waals surface area contributed by atoms with Gasteiger partial charge in [0.05, 0.1) is 25.2 Å². The van der Waals surface area contributed by atoms with Gasteiger partial charge in [-0.15, -0.1) is 0 Å². The molecule has 0 fully saturated rings. The Morgan fingerprint density at radius 1 is 0.978 bits per heavy atom. The second kappa shape index (κ2) is 22.3. The lowest BCUT2D eigenvalue weighted by molar-refractivity contribution is -0.149. The van der Waals surface area contributed by atoms with E-state index >= 15 is 0 Å². The molecule has 0 radical (unpaired) electrons. The van der Waals surface area contributed by atoms with E-state index in [9.17, 15) is 24.3 Å². The van der Waals surface area contributed by atoms with Crippen LogP contribution in [0.3, 0.4) is 0 Å². The van der Waals surface area contributed by atoms with Crippen molar-refractivity contribution >= 4 is 23.7 Å². The maximum atomic E-state index is 13.8. The van der Waals surface area contributed by atoms with Gasteiger partial charge in [-0.25, -0.2) is 4.79 Å². The molecule has 0 aliphatic rings. The third kappa shape index (κ3) is 14.5. The number of ether oxygens (including phenoxy) is 2. The number of carbonyl (C=O) groups excluding carboxylic acids is 4. The van der Waals surface area contributed by atoms with Gasteiger partial charge in [0.2, 0.25) is 17.7 Å². The first-order valence-electron chi connectivity index (χ1n) is 16.8. The summed E-state index contributed by atoms with van der Waals surface area (Å²) in [4.78, 5) is 55.2. The lowest BCUT2D eigenvalue weighted by Gasteiger charge is -2.34. The smallest absolute Gasteiger partial charge is 0.331 e. The van der Waals surface area contributed by atoms with E-state index in [-0.39, 0.29) is 37.6 Å². The maximum absolute atomic E-state index is 13.8. The zero-order valence-electron chi connectivity index (χ0n) is 29.1. The van der Waals surface area contributed by atoms with Crippen LogP contribution < -0.4 is 10.6 Å². The van der Waals surface area contributed by atoms with Crippen molar-refractivity contribution in [3.05, 3.63) is 48.6 Å². The highest BCUT2D eigenvalue weighted by Gasteiger charge is 2.36. The second-order valence-corrected chi connectivity index (χ2v) is 12.7. The van der Waals surface area contributed by atoms with Gasteiger partial charge >= 0.3 is 5.97 Å². The lowest BCUT2D eigenvalue weighted by Crippen LogP contribution is -2.59. The summed E-state index contributed by atoms with van der Waals surface area (Å²) in [5.74, 6) is -2.93. The quantitative estimate of drug-likeness (QED) is 0.0885. The fourth-order valence-electron chi connectivity index (χ4n) is 5.05. The molecule has 260 valence electrons. The first-order chi connectivity index (χ1) is 21.9. The third-order valence-corrected chi connectivity index (χ3v) is 8.27. The predicted octanol–water partition coefficient (Wildman–Crippen LogP) is 4.79. The number of aliphatic hydroxyl groups is 1. The fourth-order valence-corrected chi connectivity index (χ4v) is 5.05. The maximum Gasteiger partial charge on any atom is 0.331 e. The SMILES string of the molecule is C=CCOC(=O)[C@H](COCc1ccccc1)NC(=O)[C@@H](NC(=O)[C@H](CC(C)C)N(C)C(=O)[C@H](C)[C@H](O)CCCCCC)[C@H](C)CC. The Morgan fingerprint density at radius 2 is 1.65 bits per heavy atom. The average molecular weight is 646 g/mol. The number of nitrogens with zero attached hydrogens (tertiary/aromatic N) is 1. The summed E-state index contributed by atoms with van der Waals surface area (Å²) in [5.41, 5.74) is 0.907. The van der Waals surface area contributed by atoms with E-state index in [1.165, 1.54) is 11.0 Å². The monoisotopic (exact) mass is 645 g/mol. The molecule has 1 rings (SSSR count). The van der Waals surface area contributed by atoms with Gasteiger partial charge in [0.15, 0.2) is 6.04 Å². The number of aliphatic hydroxyl groups excluding tert-OH is 1. The summed E-state index contributed by atoms with van der Waals surface area (Å²) in [7, 11) is 1.57. The van der Waals surface area contributed by atoms with Crippen LogP contribution in [-0.4, -0.2) is 78.2 Å². The topological polar surface area (TPSA) is 134 Å². The molecule has 0 bridgehead atoms. The number of hydrogen-bond donors (Lipinski definition) is 3. The van der Waals surface area contributed by atoms with E-state index in [1.807, 2.05) is 58.0 Å². The molecule has 0 spiro atoms. The molecule has 10 nitrogen and oxygen atoms in total. The number of benzene rings is 1. The van der Waals surface area contributed by atoms with Crippen LogP contribution in [0, 0.1) is 17.8 Å². The molecule has 3 amide bonds. The summed E-state index contributed by atoms with van der Waals surface area (Å²) < 4.78 is 11.0. The molecule has 0 saturated carbocycles. The van der Waals surface area contributed by atoms with Crippen LogP contribution in [0.2, 0.25) is 0 Å². The van der Waals surface area contributed by atoms with Crippen molar-refractivity contribution in [2.24, 2.45) is 17.8 Å². The summed E-state index contributed by atoms with van der Waals surface area (Å²) in [6.45, 7) is 15.1. The van der Waals surface area contributed by atoms with E-state index in [4.69, 9.17) is 9.47 Å². The van der Waals surface area contributed by atoms with Crippen LogP contribution in [0.5, 0.6) is 0 Å². The average Bonchev–Trinajstić information content (AvgIpc) is 3.05. The highest BCUT2D eigenvalue weighted by atomic mass is 16.5. The van der Waals surface area contributed by atoms with Gasteiger partial charge in [0.1, 0.15) is 18.7 Å². The van der Waals surface area contributed by atoms with Crippen molar-refractivity contribution in [3.8, 4) is 0 Å². The summed E-state index contributed by atoms with van der Waals surface area (Å²) in [5, 5.41) is 16.3. The Hall–Kier alpha value is -3.24. The largest absolute Gasteiger partial charge is 0.460 e. The van der Waals surface area contributed by atoms with Gasteiger partial charge in [0.25, 0.3) is 0 Å². The van der Waals surface area contributed by atoms with Gasteiger partial charge < -0.3 is 30.1 Å². The van der Waals surface area contributed by atoms with Crippen LogP contribution in [-0.2, 0) is 35.3 Å². The molecule has 1 aromatic carbocycles. The van der Waals surface area contributed by atoms with Gasteiger partial charge in [-0.05, 0) is 30.2 Å². The molecular formula is C36H59N3O7. The number of rotatable bonds is 23. The van der Waals surface area contributed by atoms with Crippen molar-refractivity contribution in [2.75, 3.05) is 20.3 Å². The van der Waals surface area contributed by atoms with Crippen molar-refractivity contribution in [1.82, 2.24) is 15.5 Å². The minimum atomic E-state index is -1.12. The Labute approximate surface area is 276 Å². The minimum absolute atomic E-state index is 0.0292. The number of nitrogens with one attached hydrogen (secondary N) is 2. The van der Waals surface area contributed by atoms with Crippen molar-refractivity contribution in [3.63, 3.8) is 0 Å². The van der Waals surface area contributed by atoms with E-state index in [0.29, 0.717) is 19.3 Å². The van der Waals surface area contributed by atoms with Crippen LogP contribution >= 0.6 is 0 Å². The first kappa shape index (κ1) is 40.8. The van der Waals surface area contributed by atoms with Crippen molar-refractivity contribution in [1.29, 1.82) is 0 Å². The number of likely N-dealkylation sites (N-methyl/N-ethyl adjacent to an activating group) is 1. The molecule has 0 aliphatic carbocycles. The Morgan fingerprint density at radius 3 is 2.24 bits per heavy atom. The molecule has 0 aromatic heterocycles. The molecular weight excluding hydrogens is 586 g/mol. The van der Waals surface area contributed by atoms with E-state index in [1.54, 1.807) is 14.0 Å². The highest BCUT2D eigenvalue weighted by Crippen LogP contribution is 2.19. The number of unbranched alkanes of at least 4 members (excludes halogenated alkanes) is 3. The summed E-state index contributed by atoms with van der Waals surface area (Å²) in [6, 6.07) is 6.47. The zero-order chi connectivity index (χ0) is 34.6.